The maximum absolute atomic E-state index is 12.3. The van der Waals surface area contributed by atoms with Crippen molar-refractivity contribution in [3.8, 4) is 0 Å². The van der Waals surface area contributed by atoms with Gasteiger partial charge in [-0.1, -0.05) is 42.4 Å². The zero-order valence-electron chi connectivity index (χ0n) is 17.6. The third-order valence-corrected chi connectivity index (χ3v) is 9.36. The van der Waals surface area contributed by atoms with Crippen LogP contribution in [-0.4, -0.2) is 38.0 Å². The summed E-state index contributed by atoms with van der Waals surface area (Å²) in [6, 6.07) is 0. The second kappa shape index (κ2) is 5.89. The molecule has 2 heterocycles. The Bertz CT molecular complexity index is 998. The molecule has 0 amide bonds. The topological polar surface area (TPSA) is 97.8 Å². The number of carbonyl (C=O) groups is 2. The number of fused-ring (bicyclic) bond motifs is 6. The highest BCUT2D eigenvalue weighted by molar-refractivity contribution is 5.83. The van der Waals surface area contributed by atoms with Gasteiger partial charge >= 0.3 is 5.97 Å². The SMILES string of the molecule is C[C@]12CCC(=O)CC1=C[C@@H](c1nn[nH]n1)C1C2=CC[C@@]2(C)C1CC[C@@]21CCC(=O)O1. The number of ether oxygens (including phenoxy) is 1. The van der Waals surface area contributed by atoms with Crippen molar-refractivity contribution in [2.75, 3.05) is 0 Å². The summed E-state index contributed by atoms with van der Waals surface area (Å²) in [7, 11) is 0. The molecule has 7 heteroatoms. The summed E-state index contributed by atoms with van der Waals surface area (Å²) in [6.45, 7) is 4.65. The summed E-state index contributed by atoms with van der Waals surface area (Å²) < 4.78 is 6.06. The third kappa shape index (κ3) is 2.18. The Balaban J connectivity index is 1.50. The third-order valence-electron chi connectivity index (χ3n) is 9.36. The van der Waals surface area contributed by atoms with Gasteiger partial charge in [0, 0.05) is 36.0 Å². The number of aromatic amines is 1. The molecular weight excluding hydrogens is 380 g/mol. The lowest BCUT2D eigenvalue weighted by Crippen LogP contribution is -2.52. The Kier molecular flexibility index (Phi) is 3.62. The average molecular weight is 409 g/mol. The van der Waals surface area contributed by atoms with E-state index in [-0.39, 0.29) is 34.2 Å². The van der Waals surface area contributed by atoms with Gasteiger partial charge in [-0.3, -0.25) is 9.59 Å². The van der Waals surface area contributed by atoms with Crippen molar-refractivity contribution < 1.29 is 14.3 Å². The maximum atomic E-state index is 12.3. The van der Waals surface area contributed by atoms with Crippen LogP contribution in [-0.2, 0) is 14.3 Å². The van der Waals surface area contributed by atoms with Crippen LogP contribution in [0.2, 0.25) is 0 Å². The van der Waals surface area contributed by atoms with Crippen molar-refractivity contribution in [1.29, 1.82) is 0 Å². The fraction of sp³-hybridized carbons (Fsp3) is 0.696. The molecule has 3 fully saturated rings. The molecule has 1 aromatic rings. The van der Waals surface area contributed by atoms with Crippen LogP contribution in [0.1, 0.15) is 77.0 Å². The fourth-order valence-electron chi connectivity index (χ4n) is 7.64. The highest BCUT2D eigenvalue weighted by Crippen LogP contribution is 2.69. The van der Waals surface area contributed by atoms with Crippen LogP contribution in [0.5, 0.6) is 0 Å². The second-order valence-corrected chi connectivity index (χ2v) is 10.5. The van der Waals surface area contributed by atoms with Crippen LogP contribution < -0.4 is 0 Å². The number of H-pyrrole nitrogens is 1. The molecule has 5 aliphatic rings. The number of hydrogen-bond donors (Lipinski definition) is 1. The number of nitrogens with zero attached hydrogens (tertiary/aromatic N) is 3. The first kappa shape index (κ1) is 18.5. The van der Waals surface area contributed by atoms with E-state index < -0.39 is 0 Å². The Morgan fingerprint density at radius 2 is 2.03 bits per heavy atom. The smallest absolute Gasteiger partial charge is 0.306 e. The van der Waals surface area contributed by atoms with Gasteiger partial charge in [-0.25, -0.2) is 0 Å². The Morgan fingerprint density at radius 3 is 2.77 bits per heavy atom. The van der Waals surface area contributed by atoms with Gasteiger partial charge in [0.2, 0.25) is 0 Å². The molecule has 1 aliphatic heterocycles. The molecule has 0 bridgehead atoms. The predicted octanol–water partition coefficient (Wildman–Crippen LogP) is 3.42. The van der Waals surface area contributed by atoms with Crippen molar-refractivity contribution in [2.24, 2.45) is 22.7 Å². The predicted molar refractivity (Wildman–Crippen MR) is 107 cm³/mol. The number of rotatable bonds is 1. The zero-order chi connectivity index (χ0) is 20.7. The van der Waals surface area contributed by atoms with Crippen LogP contribution in [0.4, 0.5) is 0 Å². The molecule has 7 nitrogen and oxygen atoms in total. The van der Waals surface area contributed by atoms with E-state index >= 15 is 0 Å². The van der Waals surface area contributed by atoms with Gasteiger partial charge in [-0.2, -0.15) is 5.21 Å². The molecule has 1 aromatic heterocycles. The van der Waals surface area contributed by atoms with E-state index in [1.165, 1.54) is 11.1 Å². The number of allylic oxidation sites excluding steroid dienone is 4. The van der Waals surface area contributed by atoms with Gasteiger partial charge in [-0.05, 0) is 43.9 Å². The minimum absolute atomic E-state index is 0.000791. The van der Waals surface area contributed by atoms with Crippen molar-refractivity contribution in [1.82, 2.24) is 20.6 Å². The Labute approximate surface area is 175 Å². The molecule has 0 aromatic carbocycles. The number of ketones is 1. The van der Waals surface area contributed by atoms with Gasteiger partial charge in [-0.15, -0.1) is 10.2 Å². The van der Waals surface area contributed by atoms with Crippen LogP contribution in [0.25, 0.3) is 0 Å². The van der Waals surface area contributed by atoms with Gasteiger partial charge in [0.05, 0.1) is 0 Å². The van der Waals surface area contributed by atoms with E-state index in [1.807, 2.05) is 0 Å². The quantitative estimate of drug-likeness (QED) is 0.565. The van der Waals surface area contributed by atoms with E-state index in [0.717, 1.165) is 32.1 Å². The minimum atomic E-state index is -0.341. The summed E-state index contributed by atoms with van der Waals surface area (Å²) in [5, 5.41) is 15.2. The maximum Gasteiger partial charge on any atom is 0.306 e. The highest BCUT2D eigenvalue weighted by Gasteiger charge is 2.66. The number of carbonyl (C=O) groups excluding carboxylic acids is 2. The molecule has 2 unspecified atom stereocenters. The first-order valence-electron chi connectivity index (χ1n) is 11.2. The molecule has 1 saturated heterocycles. The molecule has 0 radical (unpaired) electrons. The minimum Gasteiger partial charge on any atom is -0.458 e. The van der Waals surface area contributed by atoms with Crippen LogP contribution in [0.15, 0.2) is 23.3 Å². The molecule has 30 heavy (non-hydrogen) atoms. The summed E-state index contributed by atoms with van der Waals surface area (Å²) in [5.41, 5.74) is 2.18. The van der Waals surface area contributed by atoms with Crippen molar-refractivity contribution >= 4 is 11.8 Å². The molecule has 1 spiro atoms. The number of hydrogen-bond acceptors (Lipinski definition) is 6. The molecule has 4 aliphatic carbocycles. The number of aromatic nitrogens is 4. The van der Waals surface area contributed by atoms with E-state index in [0.29, 0.717) is 36.8 Å². The number of esters is 1. The average Bonchev–Trinajstić information content (AvgIpc) is 3.43. The second-order valence-electron chi connectivity index (χ2n) is 10.5. The lowest BCUT2D eigenvalue weighted by Gasteiger charge is -2.55. The molecule has 6 rings (SSSR count). The lowest BCUT2D eigenvalue weighted by molar-refractivity contribution is -0.160. The Hall–Kier alpha value is -2.31. The highest BCUT2D eigenvalue weighted by atomic mass is 16.6. The van der Waals surface area contributed by atoms with Crippen LogP contribution in [0, 0.1) is 22.7 Å². The van der Waals surface area contributed by atoms with E-state index in [2.05, 4.69) is 46.6 Å². The summed E-state index contributed by atoms with van der Waals surface area (Å²) in [4.78, 5) is 24.4. The summed E-state index contributed by atoms with van der Waals surface area (Å²) in [5.74, 6) is 1.61. The van der Waals surface area contributed by atoms with Gasteiger partial charge in [0.1, 0.15) is 11.4 Å². The monoisotopic (exact) mass is 408 g/mol. The molecule has 2 saturated carbocycles. The van der Waals surface area contributed by atoms with Crippen molar-refractivity contribution in [2.45, 2.75) is 76.7 Å². The summed E-state index contributed by atoms with van der Waals surface area (Å²) >= 11 is 0. The largest absolute Gasteiger partial charge is 0.458 e. The number of nitrogens with one attached hydrogen (secondary N) is 1. The van der Waals surface area contributed by atoms with E-state index in [1.54, 1.807) is 0 Å². The Morgan fingerprint density at radius 1 is 1.17 bits per heavy atom. The van der Waals surface area contributed by atoms with Crippen molar-refractivity contribution in [3.63, 3.8) is 0 Å². The first-order chi connectivity index (χ1) is 14.4. The molecule has 6 atom stereocenters. The zero-order valence-corrected chi connectivity index (χ0v) is 17.6. The van der Waals surface area contributed by atoms with Gasteiger partial charge in [0.15, 0.2) is 5.82 Å². The normalized spacial score (nSPS) is 44.8. The van der Waals surface area contributed by atoms with Gasteiger partial charge < -0.3 is 4.74 Å². The first-order valence-corrected chi connectivity index (χ1v) is 11.2. The van der Waals surface area contributed by atoms with Crippen LogP contribution >= 0.6 is 0 Å². The standard InChI is InChI=1S/C23H28N4O3/c1-21-7-3-14(28)11-13(21)12-15(20-24-26-27-25-20)19-16(21)4-8-22(2)17(19)5-9-23(22)10-6-18(29)30-23/h4,12,15,17,19H,3,5-11H2,1-2H3,(H,24,25,26,27)/t15-,17?,19?,21+,22+,23-/m1/s1. The summed E-state index contributed by atoms with van der Waals surface area (Å²) in [6.07, 6.45) is 11.0. The van der Waals surface area contributed by atoms with Crippen molar-refractivity contribution in [3.05, 3.63) is 29.1 Å². The fourth-order valence-corrected chi connectivity index (χ4v) is 7.64. The molecule has 1 N–H and O–H groups in total. The van der Waals surface area contributed by atoms with E-state index in [9.17, 15) is 9.59 Å². The van der Waals surface area contributed by atoms with E-state index in [4.69, 9.17) is 4.74 Å². The van der Waals surface area contributed by atoms with Crippen LogP contribution in [0.3, 0.4) is 0 Å². The number of Topliss-reactive ketones (excluding diaryl/α,β-unsaturated/α-hetero) is 1. The number of tetrazole rings is 1. The lowest BCUT2D eigenvalue weighted by atomic mass is 9.49. The molecular formula is C23H28N4O3. The molecule has 158 valence electrons. The van der Waals surface area contributed by atoms with Gasteiger partial charge in [0.25, 0.3) is 0 Å².